The van der Waals surface area contributed by atoms with Crippen molar-refractivity contribution >= 4 is 12.0 Å². The van der Waals surface area contributed by atoms with Gasteiger partial charge in [0.1, 0.15) is 11.6 Å². The van der Waals surface area contributed by atoms with Crippen molar-refractivity contribution in [1.82, 2.24) is 4.57 Å². The molecule has 0 unspecified atom stereocenters. The van der Waals surface area contributed by atoms with Crippen molar-refractivity contribution in [2.24, 2.45) is 0 Å². The highest BCUT2D eigenvalue weighted by atomic mass is 16.5. The fourth-order valence-electron chi connectivity index (χ4n) is 2.31. The van der Waals surface area contributed by atoms with Gasteiger partial charge in [-0.25, -0.2) is 4.79 Å². The van der Waals surface area contributed by atoms with E-state index < -0.39 is 5.97 Å². The standard InChI is InChI=1S/C16H22N2O2/c1-10(2)18-12(5)7-14(13(18)6)8-15(9-17)16(19)20-11(3)4/h7-8,10-11H,1-6H3/b15-8+. The number of aromatic nitrogens is 1. The van der Waals surface area contributed by atoms with E-state index >= 15 is 0 Å². The number of carbonyl (C=O) groups is 1. The zero-order chi connectivity index (χ0) is 15.4. The van der Waals surface area contributed by atoms with Crippen molar-refractivity contribution in [2.75, 3.05) is 0 Å². The Balaban J connectivity index is 3.18. The summed E-state index contributed by atoms with van der Waals surface area (Å²) >= 11 is 0. The maximum atomic E-state index is 11.8. The van der Waals surface area contributed by atoms with Gasteiger partial charge in [-0.15, -0.1) is 0 Å². The third kappa shape index (κ3) is 3.51. The van der Waals surface area contributed by atoms with Crippen molar-refractivity contribution in [2.45, 2.75) is 53.7 Å². The lowest BCUT2D eigenvalue weighted by molar-refractivity contribution is -0.142. The number of rotatable bonds is 4. The molecule has 1 heterocycles. The molecular weight excluding hydrogens is 252 g/mol. The first-order valence-corrected chi connectivity index (χ1v) is 6.79. The molecule has 0 saturated carbocycles. The topological polar surface area (TPSA) is 55.0 Å². The second kappa shape index (κ2) is 6.42. The Bertz CT molecular complexity index is 572. The van der Waals surface area contributed by atoms with Crippen LogP contribution in [0.4, 0.5) is 0 Å². The Hall–Kier alpha value is -2.02. The average molecular weight is 274 g/mol. The summed E-state index contributed by atoms with van der Waals surface area (Å²) < 4.78 is 7.24. The third-order valence-corrected chi connectivity index (χ3v) is 3.02. The highest BCUT2D eigenvalue weighted by Gasteiger charge is 2.15. The number of nitriles is 1. The molecule has 108 valence electrons. The van der Waals surface area contributed by atoms with Crippen LogP contribution < -0.4 is 0 Å². The maximum absolute atomic E-state index is 11.8. The Morgan fingerprint density at radius 3 is 2.35 bits per heavy atom. The lowest BCUT2D eigenvalue weighted by Gasteiger charge is -2.13. The summed E-state index contributed by atoms with van der Waals surface area (Å²) in [4.78, 5) is 11.8. The third-order valence-electron chi connectivity index (χ3n) is 3.02. The van der Waals surface area contributed by atoms with E-state index in [0.29, 0.717) is 6.04 Å². The fourth-order valence-corrected chi connectivity index (χ4v) is 2.31. The molecule has 0 bridgehead atoms. The fraction of sp³-hybridized carbons (Fsp3) is 0.500. The van der Waals surface area contributed by atoms with Crippen LogP contribution in [-0.4, -0.2) is 16.6 Å². The van der Waals surface area contributed by atoms with E-state index in [4.69, 9.17) is 10.00 Å². The van der Waals surface area contributed by atoms with Crippen LogP contribution in [0.1, 0.15) is 50.7 Å². The molecule has 0 amide bonds. The van der Waals surface area contributed by atoms with Crippen molar-refractivity contribution in [1.29, 1.82) is 5.26 Å². The van der Waals surface area contributed by atoms with Gasteiger partial charge in [-0.2, -0.15) is 5.26 Å². The van der Waals surface area contributed by atoms with Gasteiger partial charge in [0.05, 0.1) is 6.10 Å². The monoisotopic (exact) mass is 274 g/mol. The van der Waals surface area contributed by atoms with Crippen LogP contribution in [0.5, 0.6) is 0 Å². The molecule has 20 heavy (non-hydrogen) atoms. The Labute approximate surface area is 120 Å². The smallest absolute Gasteiger partial charge is 0.349 e. The molecule has 0 N–H and O–H groups in total. The quantitative estimate of drug-likeness (QED) is 0.479. The molecular formula is C16H22N2O2. The maximum Gasteiger partial charge on any atom is 0.349 e. The zero-order valence-electron chi connectivity index (χ0n) is 13.0. The van der Waals surface area contributed by atoms with E-state index in [1.54, 1.807) is 19.9 Å². The first-order chi connectivity index (χ1) is 9.27. The van der Waals surface area contributed by atoms with E-state index in [1.165, 1.54) is 0 Å². The van der Waals surface area contributed by atoms with Gasteiger partial charge in [0, 0.05) is 17.4 Å². The van der Waals surface area contributed by atoms with Gasteiger partial charge in [-0.1, -0.05) is 0 Å². The van der Waals surface area contributed by atoms with Crippen LogP contribution in [0.15, 0.2) is 11.6 Å². The number of aryl methyl sites for hydroxylation is 1. The van der Waals surface area contributed by atoms with Crippen LogP contribution in [0.2, 0.25) is 0 Å². The normalized spacial score (nSPS) is 11.8. The summed E-state index contributed by atoms with van der Waals surface area (Å²) in [6.45, 7) is 11.7. The van der Waals surface area contributed by atoms with E-state index in [0.717, 1.165) is 17.0 Å². The van der Waals surface area contributed by atoms with Crippen LogP contribution in [0, 0.1) is 25.2 Å². The minimum Gasteiger partial charge on any atom is -0.459 e. The van der Waals surface area contributed by atoms with Crippen molar-refractivity contribution in [3.63, 3.8) is 0 Å². The van der Waals surface area contributed by atoms with Gasteiger partial charge in [0.15, 0.2) is 0 Å². The second-order valence-corrected chi connectivity index (χ2v) is 5.41. The summed E-state index contributed by atoms with van der Waals surface area (Å²) in [6, 6.07) is 4.24. The summed E-state index contributed by atoms with van der Waals surface area (Å²) in [5.41, 5.74) is 3.07. The molecule has 0 aliphatic rings. The molecule has 0 aliphatic heterocycles. The van der Waals surface area contributed by atoms with Crippen molar-refractivity contribution in [3.05, 3.63) is 28.6 Å². The minimum atomic E-state index is -0.572. The lowest BCUT2D eigenvalue weighted by Crippen LogP contribution is -2.12. The summed E-state index contributed by atoms with van der Waals surface area (Å²) in [6.07, 6.45) is 1.37. The van der Waals surface area contributed by atoms with Crippen molar-refractivity contribution in [3.8, 4) is 6.07 Å². The molecule has 0 radical (unpaired) electrons. The van der Waals surface area contributed by atoms with Gasteiger partial charge in [-0.3, -0.25) is 0 Å². The molecule has 1 aromatic heterocycles. The first kappa shape index (κ1) is 16.0. The van der Waals surface area contributed by atoms with Crippen LogP contribution in [0.3, 0.4) is 0 Å². The summed E-state index contributed by atoms with van der Waals surface area (Å²) in [7, 11) is 0. The molecule has 0 aromatic carbocycles. The number of esters is 1. The predicted molar refractivity (Wildman–Crippen MR) is 79.1 cm³/mol. The number of nitrogens with zero attached hydrogens (tertiary/aromatic N) is 2. The van der Waals surface area contributed by atoms with Gasteiger partial charge >= 0.3 is 5.97 Å². The zero-order valence-corrected chi connectivity index (χ0v) is 13.0. The lowest BCUT2D eigenvalue weighted by atomic mass is 10.1. The number of carbonyl (C=O) groups excluding carboxylic acids is 1. The summed E-state index contributed by atoms with van der Waals surface area (Å²) in [5.74, 6) is -0.572. The molecule has 0 saturated heterocycles. The molecule has 4 nitrogen and oxygen atoms in total. The average Bonchev–Trinajstić information content (AvgIpc) is 2.59. The number of hydrogen-bond donors (Lipinski definition) is 0. The molecule has 1 rings (SSSR count). The Morgan fingerprint density at radius 2 is 1.95 bits per heavy atom. The minimum absolute atomic E-state index is 0.0303. The van der Waals surface area contributed by atoms with Gasteiger partial charge in [0.2, 0.25) is 0 Å². The first-order valence-electron chi connectivity index (χ1n) is 6.79. The van der Waals surface area contributed by atoms with Gasteiger partial charge in [-0.05, 0) is 59.2 Å². The highest BCUT2D eigenvalue weighted by molar-refractivity contribution is 5.98. The molecule has 0 aliphatic carbocycles. The van der Waals surface area contributed by atoms with E-state index in [1.807, 2.05) is 26.0 Å². The van der Waals surface area contributed by atoms with E-state index in [9.17, 15) is 4.79 Å². The Kier molecular flexibility index (Phi) is 5.15. The van der Waals surface area contributed by atoms with Gasteiger partial charge in [0.25, 0.3) is 0 Å². The summed E-state index contributed by atoms with van der Waals surface area (Å²) in [5, 5.41) is 9.12. The van der Waals surface area contributed by atoms with Crippen LogP contribution in [-0.2, 0) is 9.53 Å². The van der Waals surface area contributed by atoms with Crippen molar-refractivity contribution < 1.29 is 9.53 Å². The van der Waals surface area contributed by atoms with Crippen LogP contribution >= 0.6 is 0 Å². The predicted octanol–water partition coefficient (Wildman–Crippen LogP) is 3.54. The second-order valence-electron chi connectivity index (χ2n) is 5.41. The molecule has 4 heteroatoms. The number of ether oxygens (including phenoxy) is 1. The molecule has 1 aromatic rings. The molecule has 0 spiro atoms. The Morgan fingerprint density at radius 1 is 1.35 bits per heavy atom. The highest BCUT2D eigenvalue weighted by Crippen LogP contribution is 2.22. The van der Waals surface area contributed by atoms with Crippen LogP contribution in [0.25, 0.3) is 6.08 Å². The van der Waals surface area contributed by atoms with E-state index in [2.05, 4.69) is 18.4 Å². The SMILES string of the molecule is Cc1cc(/C=C(\C#N)C(=O)OC(C)C)c(C)n1C(C)C. The largest absolute Gasteiger partial charge is 0.459 e. The molecule has 0 fully saturated rings. The van der Waals surface area contributed by atoms with Gasteiger partial charge < -0.3 is 9.30 Å². The number of hydrogen-bond acceptors (Lipinski definition) is 3. The van der Waals surface area contributed by atoms with E-state index in [-0.39, 0.29) is 11.7 Å². The molecule has 0 atom stereocenters.